The third kappa shape index (κ3) is 1.82. The number of carbonyl (C=O) groups is 1. The molecule has 5 atom stereocenters. The van der Waals surface area contributed by atoms with E-state index in [0.29, 0.717) is 0 Å². The number of esters is 1. The molecule has 0 aromatic carbocycles. The quantitative estimate of drug-likeness (QED) is 0.519. The maximum Gasteiger partial charge on any atom is 0.337 e. The summed E-state index contributed by atoms with van der Waals surface area (Å²) in [4.78, 5) is 11.5. The minimum Gasteiger partial charge on any atom is -0.472 e. The fourth-order valence-electron chi connectivity index (χ4n) is 2.81. The normalized spacial score (nSPS) is 44.6. The first-order valence-electron chi connectivity index (χ1n) is 5.41. The number of carbonyl (C=O) groups excluding carboxylic acids is 1. The largest absolute Gasteiger partial charge is 0.472 e. The van der Waals surface area contributed by atoms with Crippen LogP contribution in [0.5, 0.6) is 0 Å². The molecule has 0 spiro atoms. The lowest BCUT2D eigenvalue weighted by molar-refractivity contribution is -0.167. The highest BCUT2D eigenvalue weighted by molar-refractivity contribution is 5.89. The summed E-state index contributed by atoms with van der Waals surface area (Å²) in [5.74, 6) is -2.03. The van der Waals surface area contributed by atoms with Gasteiger partial charge >= 0.3 is 5.97 Å². The van der Waals surface area contributed by atoms with Crippen LogP contribution < -0.4 is 0 Å². The molecule has 6 heteroatoms. The Hall–Kier alpha value is -1.11. The highest BCUT2D eigenvalue weighted by Crippen LogP contribution is 2.48. The molecule has 0 aromatic rings. The van der Waals surface area contributed by atoms with Gasteiger partial charge in [-0.05, 0) is 6.92 Å². The van der Waals surface area contributed by atoms with Crippen molar-refractivity contribution in [2.75, 3.05) is 7.11 Å². The van der Waals surface area contributed by atoms with Crippen LogP contribution in [-0.2, 0) is 14.3 Å². The van der Waals surface area contributed by atoms with Gasteiger partial charge in [0.15, 0.2) is 0 Å². The predicted octanol–water partition coefficient (Wildman–Crippen LogP) is -0.860. The highest BCUT2D eigenvalue weighted by Gasteiger charge is 2.57. The first-order chi connectivity index (χ1) is 7.88. The Balaban J connectivity index is 2.38. The van der Waals surface area contributed by atoms with Gasteiger partial charge in [-0.2, -0.15) is 0 Å². The third-order valence-corrected chi connectivity index (χ3v) is 3.56. The van der Waals surface area contributed by atoms with E-state index in [9.17, 15) is 20.1 Å². The summed E-state index contributed by atoms with van der Waals surface area (Å²) in [6.45, 7) is 1.51. The van der Waals surface area contributed by atoms with Crippen LogP contribution in [-0.4, -0.2) is 46.4 Å². The number of fused-ring (bicyclic) bond motifs is 1. The maximum absolute atomic E-state index is 11.5. The van der Waals surface area contributed by atoms with Gasteiger partial charge in [-0.3, -0.25) is 0 Å². The lowest BCUT2D eigenvalue weighted by Crippen LogP contribution is -2.45. The van der Waals surface area contributed by atoms with Crippen LogP contribution in [0, 0.1) is 11.8 Å². The summed E-state index contributed by atoms with van der Waals surface area (Å²) in [6, 6.07) is 0. The van der Waals surface area contributed by atoms with Crippen LogP contribution in [0.1, 0.15) is 13.3 Å². The van der Waals surface area contributed by atoms with Crippen molar-refractivity contribution in [1.29, 1.82) is 0 Å². The monoisotopic (exact) mass is 244 g/mol. The van der Waals surface area contributed by atoms with Gasteiger partial charge in [0.2, 0.25) is 6.29 Å². The Kier molecular flexibility index (Phi) is 2.89. The van der Waals surface area contributed by atoms with Crippen molar-refractivity contribution in [3.8, 4) is 0 Å². The van der Waals surface area contributed by atoms with Crippen molar-refractivity contribution in [1.82, 2.24) is 0 Å². The molecular formula is C11H16O6. The molecule has 1 unspecified atom stereocenters. The predicted molar refractivity (Wildman–Crippen MR) is 55.4 cm³/mol. The van der Waals surface area contributed by atoms with Gasteiger partial charge in [0.05, 0.1) is 36.6 Å². The van der Waals surface area contributed by atoms with E-state index in [-0.39, 0.29) is 12.0 Å². The Bertz CT molecular complexity index is 361. The maximum atomic E-state index is 11.5. The van der Waals surface area contributed by atoms with Gasteiger partial charge in [0.25, 0.3) is 0 Å². The molecule has 0 saturated heterocycles. The number of hydrogen-bond donors (Lipinski definition) is 3. The van der Waals surface area contributed by atoms with Gasteiger partial charge < -0.3 is 24.8 Å². The molecule has 1 fully saturated rings. The molecule has 6 nitrogen and oxygen atoms in total. The standard InChI is InChI=1S/C11H16O6/c1-11(15)3-6(12)7-5(9(13)16-2)4-17-10(14)8(7)11/h4,6-8,10,12,14-15H,3H2,1-2H3/t6-,7+,8-,10?,11+/m1/s1. The smallest absolute Gasteiger partial charge is 0.337 e. The van der Waals surface area contributed by atoms with Crippen molar-refractivity contribution in [3.63, 3.8) is 0 Å². The van der Waals surface area contributed by atoms with Crippen molar-refractivity contribution < 1.29 is 29.6 Å². The van der Waals surface area contributed by atoms with E-state index >= 15 is 0 Å². The number of aliphatic hydroxyl groups excluding tert-OH is 2. The lowest BCUT2D eigenvalue weighted by Gasteiger charge is -2.35. The molecule has 0 amide bonds. The summed E-state index contributed by atoms with van der Waals surface area (Å²) in [7, 11) is 1.22. The van der Waals surface area contributed by atoms with E-state index in [1.54, 1.807) is 0 Å². The van der Waals surface area contributed by atoms with Crippen LogP contribution >= 0.6 is 0 Å². The van der Waals surface area contributed by atoms with E-state index < -0.39 is 35.8 Å². The molecule has 0 bridgehead atoms. The zero-order valence-corrected chi connectivity index (χ0v) is 9.66. The van der Waals surface area contributed by atoms with E-state index in [0.717, 1.165) is 6.26 Å². The van der Waals surface area contributed by atoms with Crippen molar-refractivity contribution in [3.05, 3.63) is 11.8 Å². The van der Waals surface area contributed by atoms with Gasteiger partial charge in [-0.25, -0.2) is 4.79 Å². The Morgan fingerprint density at radius 2 is 2.24 bits per heavy atom. The number of hydrogen-bond acceptors (Lipinski definition) is 6. The second-order valence-electron chi connectivity index (χ2n) is 4.77. The summed E-state index contributed by atoms with van der Waals surface area (Å²) < 4.78 is 9.52. The summed E-state index contributed by atoms with van der Waals surface area (Å²) in [5, 5.41) is 29.8. The van der Waals surface area contributed by atoms with Crippen LogP contribution in [0.3, 0.4) is 0 Å². The number of methoxy groups -OCH3 is 1. The van der Waals surface area contributed by atoms with E-state index in [1.165, 1.54) is 14.0 Å². The number of ether oxygens (including phenoxy) is 2. The zero-order valence-electron chi connectivity index (χ0n) is 9.66. The summed E-state index contributed by atoms with van der Waals surface area (Å²) in [6.07, 6.45) is -0.959. The minimum absolute atomic E-state index is 0.0804. The third-order valence-electron chi connectivity index (χ3n) is 3.56. The van der Waals surface area contributed by atoms with Crippen LogP contribution in [0.4, 0.5) is 0 Å². The van der Waals surface area contributed by atoms with Gasteiger partial charge in [-0.1, -0.05) is 0 Å². The topological polar surface area (TPSA) is 96.2 Å². The average molecular weight is 244 g/mol. The molecule has 1 saturated carbocycles. The molecule has 0 aromatic heterocycles. The molecule has 0 radical (unpaired) electrons. The molecule has 1 aliphatic carbocycles. The van der Waals surface area contributed by atoms with E-state index in [2.05, 4.69) is 4.74 Å². The van der Waals surface area contributed by atoms with Crippen molar-refractivity contribution >= 4 is 5.97 Å². The Morgan fingerprint density at radius 3 is 2.82 bits per heavy atom. The molecule has 2 aliphatic rings. The Labute approximate surface area is 98.5 Å². The second kappa shape index (κ2) is 3.97. The van der Waals surface area contributed by atoms with E-state index in [4.69, 9.17) is 4.74 Å². The van der Waals surface area contributed by atoms with Gasteiger partial charge in [0, 0.05) is 12.3 Å². The lowest BCUT2D eigenvalue weighted by atomic mass is 9.81. The molecule has 2 rings (SSSR count). The second-order valence-corrected chi connectivity index (χ2v) is 4.77. The number of aliphatic hydroxyl groups is 3. The van der Waals surface area contributed by atoms with Crippen molar-refractivity contribution in [2.24, 2.45) is 11.8 Å². The first-order valence-corrected chi connectivity index (χ1v) is 5.41. The van der Waals surface area contributed by atoms with Crippen LogP contribution in [0.25, 0.3) is 0 Å². The SMILES string of the molecule is COC(=O)C1=COC(O)[C@H]2[C@@H]1[C@H](O)C[C@]2(C)O. The van der Waals surface area contributed by atoms with Crippen LogP contribution in [0.15, 0.2) is 11.8 Å². The highest BCUT2D eigenvalue weighted by atomic mass is 16.6. The average Bonchev–Trinajstić information content (AvgIpc) is 2.50. The molecule has 1 heterocycles. The first kappa shape index (κ1) is 12.3. The molecule has 3 N–H and O–H groups in total. The van der Waals surface area contributed by atoms with Crippen LogP contribution in [0.2, 0.25) is 0 Å². The Morgan fingerprint density at radius 1 is 1.59 bits per heavy atom. The number of rotatable bonds is 1. The summed E-state index contributed by atoms with van der Waals surface area (Å²) >= 11 is 0. The summed E-state index contributed by atoms with van der Waals surface area (Å²) in [5.41, 5.74) is -1.13. The fourth-order valence-corrected chi connectivity index (χ4v) is 2.81. The molecule has 1 aliphatic heterocycles. The molecule has 17 heavy (non-hydrogen) atoms. The van der Waals surface area contributed by atoms with E-state index in [1.807, 2.05) is 0 Å². The van der Waals surface area contributed by atoms with Gasteiger partial charge in [0.1, 0.15) is 0 Å². The van der Waals surface area contributed by atoms with Gasteiger partial charge in [-0.15, -0.1) is 0 Å². The fraction of sp³-hybridized carbons (Fsp3) is 0.727. The zero-order chi connectivity index (χ0) is 12.8. The molecule has 96 valence electrons. The molecular weight excluding hydrogens is 228 g/mol. The van der Waals surface area contributed by atoms with Crippen molar-refractivity contribution in [2.45, 2.75) is 31.3 Å². The minimum atomic E-state index is -1.28.